The van der Waals surface area contributed by atoms with Gasteiger partial charge in [0.2, 0.25) is 0 Å². The molecule has 162 valence electrons. The number of thiazole rings is 1. The Hall–Kier alpha value is -3.78. The number of carbonyl (C=O) groups is 2. The van der Waals surface area contributed by atoms with E-state index >= 15 is 0 Å². The van der Waals surface area contributed by atoms with E-state index in [9.17, 15) is 9.59 Å². The third kappa shape index (κ3) is 4.60. The van der Waals surface area contributed by atoms with Crippen LogP contribution < -0.4 is 4.90 Å². The van der Waals surface area contributed by atoms with Crippen LogP contribution in [0.4, 0.5) is 5.13 Å². The van der Waals surface area contributed by atoms with E-state index < -0.39 is 5.97 Å². The van der Waals surface area contributed by atoms with Crippen LogP contribution in [0.2, 0.25) is 0 Å². The topological polar surface area (TPSA) is 77.3 Å². The normalized spacial score (nSPS) is 10.7. The lowest BCUT2D eigenvalue weighted by atomic mass is 10.2. The lowest BCUT2D eigenvalue weighted by Gasteiger charge is -2.19. The summed E-state index contributed by atoms with van der Waals surface area (Å²) in [6.07, 6.45) is 3.24. The molecule has 0 bridgehead atoms. The second-order valence-corrected chi connectivity index (χ2v) is 7.99. The fourth-order valence-electron chi connectivity index (χ4n) is 3.19. The third-order valence-electron chi connectivity index (χ3n) is 4.76. The summed E-state index contributed by atoms with van der Waals surface area (Å²) in [5.41, 5.74) is 2.77. The van der Waals surface area contributed by atoms with E-state index in [0.29, 0.717) is 27.8 Å². The second kappa shape index (κ2) is 9.57. The molecule has 0 saturated heterocycles. The number of rotatable bonds is 7. The monoisotopic (exact) mass is 446 g/mol. The molecule has 4 aromatic rings. The van der Waals surface area contributed by atoms with E-state index in [1.165, 1.54) is 0 Å². The van der Waals surface area contributed by atoms with Crippen molar-refractivity contribution in [2.24, 2.45) is 0 Å². The summed E-state index contributed by atoms with van der Waals surface area (Å²) in [6.45, 7) is 4.08. The molecule has 2 heterocycles. The van der Waals surface area contributed by atoms with Gasteiger partial charge in [0.05, 0.1) is 36.3 Å². The number of nitrogens with zero attached hydrogens (tertiary/aromatic N) is 4. The van der Waals surface area contributed by atoms with Gasteiger partial charge in [-0.1, -0.05) is 59.9 Å². The summed E-state index contributed by atoms with van der Waals surface area (Å²) in [6, 6.07) is 19.2. The first-order chi connectivity index (χ1) is 15.6. The molecule has 0 atom stereocenters. The predicted octanol–water partition coefficient (Wildman–Crippen LogP) is 4.66. The molecule has 8 heteroatoms. The van der Waals surface area contributed by atoms with Crippen LogP contribution in [0.15, 0.2) is 73.1 Å². The molecule has 0 radical (unpaired) electrons. The highest BCUT2D eigenvalue weighted by Gasteiger charge is 2.26. The minimum Gasteiger partial charge on any atom is -0.462 e. The molecule has 32 heavy (non-hydrogen) atoms. The number of aromatic nitrogens is 3. The number of anilines is 1. The van der Waals surface area contributed by atoms with Gasteiger partial charge in [0.1, 0.15) is 4.88 Å². The molecule has 0 N–H and O–H groups in total. The number of para-hydroxylation sites is 1. The van der Waals surface area contributed by atoms with E-state index in [0.717, 1.165) is 22.6 Å². The summed E-state index contributed by atoms with van der Waals surface area (Å²) < 4.78 is 6.79. The van der Waals surface area contributed by atoms with Gasteiger partial charge in [-0.3, -0.25) is 9.69 Å². The first-order valence-electron chi connectivity index (χ1n) is 10.2. The van der Waals surface area contributed by atoms with Crippen molar-refractivity contribution in [3.05, 3.63) is 94.8 Å². The molecule has 2 aromatic carbocycles. The van der Waals surface area contributed by atoms with Crippen LogP contribution >= 0.6 is 11.3 Å². The van der Waals surface area contributed by atoms with E-state index in [1.54, 1.807) is 35.8 Å². The Labute approximate surface area is 189 Å². The Morgan fingerprint density at radius 2 is 1.75 bits per heavy atom. The van der Waals surface area contributed by atoms with Crippen molar-refractivity contribution in [2.45, 2.75) is 20.4 Å². The highest BCUT2D eigenvalue weighted by atomic mass is 32.1. The van der Waals surface area contributed by atoms with Gasteiger partial charge in [-0.2, -0.15) is 5.10 Å². The maximum atomic E-state index is 13.5. The van der Waals surface area contributed by atoms with E-state index in [1.807, 2.05) is 60.7 Å². The first kappa shape index (κ1) is 21.5. The molecule has 4 rings (SSSR count). The summed E-state index contributed by atoms with van der Waals surface area (Å²) in [5.74, 6) is -0.682. The molecule has 1 amide bonds. The molecular formula is C24H22N4O3S. The summed E-state index contributed by atoms with van der Waals surface area (Å²) in [7, 11) is 0. The molecular weight excluding hydrogens is 424 g/mol. The fraction of sp³-hybridized carbons (Fsp3) is 0.167. The lowest BCUT2D eigenvalue weighted by Crippen LogP contribution is -2.30. The second-order valence-electron chi connectivity index (χ2n) is 7.02. The van der Waals surface area contributed by atoms with Crippen molar-refractivity contribution in [2.75, 3.05) is 11.5 Å². The van der Waals surface area contributed by atoms with Gasteiger partial charge in [0.25, 0.3) is 5.91 Å². The number of benzene rings is 2. The molecule has 0 spiro atoms. The van der Waals surface area contributed by atoms with Crippen LogP contribution in [0.1, 0.15) is 38.2 Å². The van der Waals surface area contributed by atoms with Crippen molar-refractivity contribution in [3.8, 4) is 5.69 Å². The Balaban J connectivity index is 1.69. The number of carbonyl (C=O) groups excluding carboxylic acids is 2. The standard InChI is InChI=1S/C24H22N4O3S/c1-3-31-23(30)21-17(2)26-24(32-21)27(15-18-10-6-4-7-11-18)22(29)19-14-25-28(16-19)20-12-8-5-9-13-20/h4-14,16H,3,15H2,1-2H3. The quantitative estimate of drug-likeness (QED) is 0.386. The minimum atomic E-state index is -0.433. The van der Waals surface area contributed by atoms with Crippen molar-refractivity contribution in [3.63, 3.8) is 0 Å². The molecule has 0 fully saturated rings. The molecule has 0 aliphatic rings. The molecule has 0 saturated carbocycles. The zero-order valence-corrected chi connectivity index (χ0v) is 18.6. The Morgan fingerprint density at radius 3 is 2.44 bits per heavy atom. The molecule has 0 aliphatic carbocycles. The number of esters is 1. The number of aryl methyl sites for hydroxylation is 1. The molecule has 2 aromatic heterocycles. The Kier molecular flexibility index (Phi) is 6.42. The van der Waals surface area contributed by atoms with Crippen LogP contribution in [0.5, 0.6) is 0 Å². The fourth-order valence-corrected chi connectivity index (χ4v) is 4.15. The van der Waals surface area contributed by atoms with E-state index in [2.05, 4.69) is 10.1 Å². The van der Waals surface area contributed by atoms with Gasteiger partial charge in [-0.05, 0) is 31.5 Å². The summed E-state index contributed by atoms with van der Waals surface area (Å²) >= 11 is 1.15. The number of hydrogen-bond acceptors (Lipinski definition) is 6. The third-order valence-corrected chi connectivity index (χ3v) is 5.92. The van der Waals surface area contributed by atoms with Crippen LogP contribution in [-0.4, -0.2) is 33.2 Å². The number of amides is 1. The van der Waals surface area contributed by atoms with Gasteiger partial charge in [-0.25, -0.2) is 14.5 Å². The van der Waals surface area contributed by atoms with E-state index in [-0.39, 0.29) is 12.5 Å². The highest BCUT2D eigenvalue weighted by molar-refractivity contribution is 7.17. The SMILES string of the molecule is CCOC(=O)c1sc(N(Cc2ccccc2)C(=O)c2cnn(-c3ccccc3)c2)nc1C. The van der Waals surface area contributed by atoms with Gasteiger partial charge >= 0.3 is 5.97 Å². The number of hydrogen-bond donors (Lipinski definition) is 0. The van der Waals surface area contributed by atoms with Crippen molar-refractivity contribution in [1.82, 2.24) is 14.8 Å². The number of ether oxygens (including phenoxy) is 1. The summed E-state index contributed by atoms with van der Waals surface area (Å²) in [4.78, 5) is 32.3. The predicted molar refractivity (Wildman–Crippen MR) is 123 cm³/mol. The smallest absolute Gasteiger partial charge is 0.350 e. The van der Waals surface area contributed by atoms with Crippen LogP contribution in [0.3, 0.4) is 0 Å². The van der Waals surface area contributed by atoms with Gasteiger partial charge in [0, 0.05) is 6.20 Å². The Morgan fingerprint density at radius 1 is 1.06 bits per heavy atom. The van der Waals surface area contributed by atoms with E-state index in [4.69, 9.17) is 4.74 Å². The minimum absolute atomic E-state index is 0.250. The van der Waals surface area contributed by atoms with Crippen molar-refractivity contribution in [1.29, 1.82) is 0 Å². The zero-order chi connectivity index (χ0) is 22.5. The highest BCUT2D eigenvalue weighted by Crippen LogP contribution is 2.29. The molecule has 7 nitrogen and oxygen atoms in total. The zero-order valence-electron chi connectivity index (χ0n) is 17.8. The van der Waals surface area contributed by atoms with Crippen LogP contribution in [0, 0.1) is 6.92 Å². The average Bonchev–Trinajstić information content (AvgIpc) is 3.46. The maximum Gasteiger partial charge on any atom is 0.350 e. The van der Waals surface area contributed by atoms with Gasteiger partial charge < -0.3 is 4.74 Å². The van der Waals surface area contributed by atoms with Gasteiger partial charge in [0.15, 0.2) is 5.13 Å². The average molecular weight is 447 g/mol. The largest absolute Gasteiger partial charge is 0.462 e. The first-order valence-corrected chi connectivity index (χ1v) is 11.0. The van der Waals surface area contributed by atoms with Crippen LogP contribution in [-0.2, 0) is 11.3 Å². The Bertz CT molecular complexity index is 1220. The molecule has 0 aliphatic heterocycles. The maximum absolute atomic E-state index is 13.5. The van der Waals surface area contributed by atoms with Crippen molar-refractivity contribution < 1.29 is 14.3 Å². The molecule has 0 unspecified atom stereocenters. The van der Waals surface area contributed by atoms with Gasteiger partial charge in [-0.15, -0.1) is 0 Å². The lowest BCUT2D eigenvalue weighted by molar-refractivity contribution is 0.0531. The van der Waals surface area contributed by atoms with Crippen LogP contribution in [0.25, 0.3) is 5.69 Å². The summed E-state index contributed by atoms with van der Waals surface area (Å²) in [5, 5.41) is 4.78. The van der Waals surface area contributed by atoms with Crippen molar-refractivity contribution >= 4 is 28.3 Å².